The first-order valence-electron chi connectivity index (χ1n) is 7.32. The zero-order chi connectivity index (χ0) is 11.4. The lowest BCUT2D eigenvalue weighted by Gasteiger charge is -2.69. The van der Waals surface area contributed by atoms with Crippen molar-refractivity contribution in [2.24, 2.45) is 41.4 Å². The van der Waals surface area contributed by atoms with Gasteiger partial charge in [-0.3, -0.25) is 10.1 Å². The van der Waals surface area contributed by atoms with Gasteiger partial charge in [-0.05, 0) is 60.7 Å². The van der Waals surface area contributed by atoms with Crippen LogP contribution in [0.15, 0.2) is 0 Å². The van der Waals surface area contributed by atoms with Crippen LogP contribution in [0.25, 0.3) is 0 Å². The minimum Gasteiger partial charge on any atom is -0.264 e. The van der Waals surface area contributed by atoms with Gasteiger partial charge < -0.3 is 0 Å². The summed E-state index contributed by atoms with van der Waals surface area (Å²) in [5.41, 5.74) is -0.478. The molecule has 7 saturated carbocycles. The van der Waals surface area contributed by atoms with Crippen LogP contribution >= 0.6 is 0 Å². The largest absolute Gasteiger partial charge is 0.264 e. The van der Waals surface area contributed by atoms with E-state index in [2.05, 4.69) is 0 Å². The highest BCUT2D eigenvalue weighted by atomic mass is 16.6. The molecule has 3 heteroatoms. The Bertz CT molecular complexity index is 358. The van der Waals surface area contributed by atoms with Gasteiger partial charge in [-0.2, -0.15) is 0 Å². The van der Waals surface area contributed by atoms with Gasteiger partial charge in [0.25, 0.3) is 0 Å². The summed E-state index contributed by atoms with van der Waals surface area (Å²) in [7, 11) is 0. The molecule has 3 nitrogen and oxygen atoms in total. The summed E-state index contributed by atoms with van der Waals surface area (Å²) < 4.78 is 0. The smallest absolute Gasteiger partial charge is 0.223 e. The maximum Gasteiger partial charge on any atom is 0.223 e. The average Bonchev–Trinajstić information content (AvgIpc) is 2.34. The van der Waals surface area contributed by atoms with Gasteiger partial charge in [-0.25, -0.2) is 0 Å². The van der Waals surface area contributed by atoms with Crippen molar-refractivity contribution in [3.63, 3.8) is 0 Å². The Kier molecular flexibility index (Phi) is 1.40. The molecule has 0 aliphatic heterocycles. The van der Waals surface area contributed by atoms with E-state index in [9.17, 15) is 10.1 Å². The van der Waals surface area contributed by atoms with Crippen LogP contribution in [0.3, 0.4) is 0 Å². The lowest BCUT2D eigenvalue weighted by molar-refractivity contribution is -0.596. The van der Waals surface area contributed by atoms with E-state index in [1.54, 1.807) is 0 Å². The van der Waals surface area contributed by atoms with Crippen molar-refractivity contribution in [3.05, 3.63) is 10.1 Å². The zero-order valence-electron chi connectivity index (χ0n) is 10.0. The lowest BCUT2D eigenvalue weighted by Crippen LogP contribution is -2.69. The van der Waals surface area contributed by atoms with Gasteiger partial charge in [-0.1, -0.05) is 0 Å². The van der Waals surface area contributed by atoms with Gasteiger partial charge in [-0.15, -0.1) is 0 Å². The molecular formula is C14H19NO2. The van der Waals surface area contributed by atoms with Crippen LogP contribution in [-0.4, -0.2) is 10.5 Å². The van der Waals surface area contributed by atoms with Crippen molar-refractivity contribution < 1.29 is 4.92 Å². The van der Waals surface area contributed by atoms with E-state index in [-0.39, 0.29) is 4.92 Å². The van der Waals surface area contributed by atoms with E-state index in [0.29, 0.717) is 0 Å². The molecule has 0 aromatic rings. The summed E-state index contributed by atoms with van der Waals surface area (Å²) in [5, 5.41) is 11.5. The Labute approximate surface area is 101 Å². The predicted molar refractivity (Wildman–Crippen MR) is 61.9 cm³/mol. The molecule has 0 amide bonds. The molecule has 0 N–H and O–H groups in total. The highest BCUT2D eigenvalue weighted by Gasteiger charge is 2.71. The first-order valence-corrected chi connectivity index (χ1v) is 7.32. The van der Waals surface area contributed by atoms with Crippen LogP contribution in [-0.2, 0) is 0 Å². The Morgan fingerprint density at radius 1 is 0.824 bits per heavy atom. The molecule has 0 aromatic heterocycles. The van der Waals surface area contributed by atoms with Crippen LogP contribution < -0.4 is 0 Å². The van der Waals surface area contributed by atoms with E-state index in [4.69, 9.17) is 0 Å². The number of rotatable bonds is 1. The third-order valence-corrected chi connectivity index (χ3v) is 7.35. The van der Waals surface area contributed by atoms with E-state index in [1.807, 2.05) is 0 Å². The molecule has 8 bridgehead atoms. The summed E-state index contributed by atoms with van der Waals surface area (Å²) in [6.45, 7) is 0. The Balaban J connectivity index is 1.65. The molecule has 0 saturated heterocycles. The number of hydrogen-bond acceptors (Lipinski definition) is 2. The number of nitro groups is 1. The minimum absolute atomic E-state index is 0.114. The Morgan fingerprint density at radius 2 is 1.24 bits per heavy atom. The number of nitrogens with zero attached hydrogens (tertiary/aromatic N) is 1. The maximum absolute atomic E-state index is 11.5. The molecule has 7 fully saturated rings. The van der Waals surface area contributed by atoms with Crippen LogP contribution in [0.2, 0.25) is 0 Å². The van der Waals surface area contributed by atoms with Gasteiger partial charge in [0, 0.05) is 24.2 Å². The van der Waals surface area contributed by atoms with Crippen molar-refractivity contribution >= 4 is 0 Å². The molecule has 7 rings (SSSR count). The molecule has 17 heavy (non-hydrogen) atoms. The molecule has 7 aliphatic carbocycles. The van der Waals surface area contributed by atoms with Gasteiger partial charge in [0.05, 0.1) is 0 Å². The zero-order valence-corrected chi connectivity index (χ0v) is 10.0. The third kappa shape index (κ3) is 0.869. The second-order valence-corrected chi connectivity index (χ2v) is 7.65. The van der Waals surface area contributed by atoms with Crippen molar-refractivity contribution in [2.45, 2.75) is 44.1 Å². The van der Waals surface area contributed by atoms with E-state index < -0.39 is 5.54 Å². The van der Waals surface area contributed by atoms with Gasteiger partial charge in [0.1, 0.15) is 0 Å². The fraction of sp³-hybridized carbons (Fsp3) is 1.00. The van der Waals surface area contributed by atoms with Crippen LogP contribution in [0, 0.1) is 51.5 Å². The Hall–Kier alpha value is -0.600. The molecule has 7 aliphatic rings. The predicted octanol–water partition coefficient (Wildman–Crippen LogP) is 2.72. The van der Waals surface area contributed by atoms with Crippen LogP contribution in [0.5, 0.6) is 0 Å². The summed E-state index contributed by atoms with van der Waals surface area (Å²) >= 11 is 0. The summed E-state index contributed by atoms with van der Waals surface area (Å²) in [6.07, 6.45) is 7.06. The van der Waals surface area contributed by atoms with Crippen molar-refractivity contribution in [2.75, 3.05) is 0 Å². The molecule has 92 valence electrons. The standard InChI is InChI=1S/C14H19NO2/c16-15(17)14-4-11-8-1-7-2-9(11)13(6-14)10(3-7)12(8)5-14/h7-13H,1-6H2. The normalized spacial score (nSPS) is 65.5. The summed E-state index contributed by atoms with van der Waals surface area (Å²) in [6, 6.07) is 0. The molecule has 0 heterocycles. The summed E-state index contributed by atoms with van der Waals surface area (Å²) in [4.78, 5) is 11.6. The van der Waals surface area contributed by atoms with Gasteiger partial charge >= 0.3 is 0 Å². The molecule has 0 aromatic carbocycles. The van der Waals surface area contributed by atoms with E-state index in [1.165, 1.54) is 19.3 Å². The fourth-order valence-electron chi connectivity index (χ4n) is 7.10. The van der Waals surface area contributed by atoms with Crippen LogP contribution in [0.4, 0.5) is 0 Å². The molecule has 0 radical (unpaired) electrons. The SMILES string of the molecule is O=[N+]([O-])C12CC3C4CC5CC3C(C1)C(C5)C4C2. The van der Waals surface area contributed by atoms with Crippen molar-refractivity contribution in [1.82, 2.24) is 0 Å². The highest BCUT2D eigenvalue weighted by molar-refractivity contribution is 5.16. The monoisotopic (exact) mass is 233 g/mol. The van der Waals surface area contributed by atoms with Gasteiger partial charge in [0.2, 0.25) is 5.54 Å². The first-order chi connectivity index (χ1) is 8.18. The topological polar surface area (TPSA) is 43.1 Å². The minimum atomic E-state index is -0.478. The van der Waals surface area contributed by atoms with Crippen molar-refractivity contribution in [3.8, 4) is 0 Å². The van der Waals surface area contributed by atoms with Crippen molar-refractivity contribution in [1.29, 1.82) is 0 Å². The molecule has 0 unspecified atom stereocenters. The lowest BCUT2D eigenvalue weighted by atomic mass is 9.34. The quantitative estimate of drug-likeness (QED) is 0.516. The number of hydrogen-bond donors (Lipinski definition) is 0. The van der Waals surface area contributed by atoms with E-state index in [0.717, 1.165) is 60.7 Å². The second kappa shape index (κ2) is 2.55. The third-order valence-electron chi connectivity index (χ3n) is 7.35. The molecule has 0 spiro atoms. The van der Waals surface area contributed by atoms with Crippen LogP contribution in [0.1, 0.15) is 38.5 Å². The molecular weight excluding hydrogens is 214 g/mol. The fourth-order valence-corrected chi connectivity index (χ4v) is 7.10. The second-order valence-electron chi connectivity index (χ2n) is 7.65. The maximum atomic E-state index is 11.5. The average molecular weight is 233 g/mol. The van der Waals surface area contributed by atoms with Gasteiger partial charge in [0.15, 0.2) is 0 Å². The Morgan fingerprint density at radius 3 is 1.59 bits per heavy atom. The summed E-state index contributed by atoms with van der Waals surface area (Å²) in [5.74, 6) is 5.90. The molecule has 0 atom stereocenters. The highest BCUT2D eigenvalue weighted by Crippen LogP contribution is 2.72. The first kappa shape index (κ1) is 9.35. The van der Waals surface area contributed by atoms with E-state index >= 15 is 0 Å².